The van der Waals surface area contributed by atoms with Crippen molar-refractivity contribution in [2.24, 2.45) is 0 Å². The molecule has 0 aliphatic carbocycles. The molecule has 5 heteroatoms. The molecule has 10 aromatic rings. The summed E-state index contributed by atoms with van der Waals surface area (Å²) in [5.41, 5.74) is 6.88. The van der Waals surface area contributed by atoms with E-state index >= 15 is 0 Å². The summed E-state index contributed by atoms with van der Waals surface area (Å²) in [6, 6.07) is 48.9. The van der Waals surface area contributed by atoms with Crippen LogP contribution >= 0.6 is 0 Å². The first-order valence-electron chi connectivity index (χ1n) is 15.4. The third-order valence-corrected chi connectivity index (χ3v) is 9.10. The second-order valence-electron chi connectivity index (χ2n) is 11.7. The van der Waals surface area contributed by atoms with Crippen LogP contribution in [0.2, 0.25) is 0 Å². The van der Waals surface area contributed by atoms with Gasteiger partial charge in [-0.2, -0.15) is 0 Å². The van der Waals surface area contributed by atoms with Crippen LogP contribution in [0.3, 0.4) is 0 Å². The Morgan fingerprint density at radius 3 is 2.15 bits per heavy atom. The van der Waals surface area contributed by atoms with Crippen molar-refractivity contribution in [3.8, 4) is 28.5 Å². The summed E-state index contributed by atoms with van der Waals surface area (Å²) in [4.78, 5) is 13.9. The Morgan fingerprint density at radius 1 is 0.500 bits per heavy atom. The van der Waals surface area contributed by atoms with Crippen molar-refractivity contribution < 1.29 is 4.42 Å². The standard InChI is InChI=1S/C41H24N4O/c1-2-10-26(11-3-1)40-42-24-43-41(44-40)33-15-8-16-36-38(33)32-20-18-29(23-37(32)46-36)45-35-22-28-13-5-4-12-27(28)21-34(35)31-19-17-25-9-6-7-14-30(25)39(31)45/h1-24H. The van der Waals surface area contributed by atoms with Crippen molar-refractivity contribution in [1.29, 1.82) is 0 Å². The zero-order valence-electron chi connectivity index (χ0n) is 24.6. The number of furan rings is 1. The van der Waals surface area contributed by atoms with E-state index in [1.165, 1.54) is 43.4 Å². The van der Waals surface area contributed by atoms with Crippen LogP contribution in [0.1, 0.15) is 0 Å². The van der Waals surface area contributed by atoms with Crippen LogP contribution in [-0.2, 0) is 0 Å². The average molecular weight is 589 g/mol. The van der Waals surface area contributed by atoms with Gasteiger partial charge in [0.05, 0.1) is 11.0 Å². The average Bonchev–Trinajstić information content (AvgIpc) is 3.66. The lowest BCUT2D eigenvalue weighted by atomic mass is 10.0. The van der Waals surface area contributed by atoms with E-state index in [1.807, 2.05) is 42.5 Å². The fourth-order valence-corrected chi connectivity index (χ4v) is 7.02. The number of rotatable bonds is 3. The first-order valence-corrected chi connectivity index (χ1v) is 15.4. The molecule has 3 aromatic heterocycles. The summed E-state index contributed by atoms with van der Waals surface area (Å²) < 4.78 is 8.96. The van der Waals surface area contributed by atoms with E-state index in [2.05, 4.69) is 112 Å². The van der Waals surface area contributed by atoms with Crippen LogP contribution in [-0.4, -0.2) is 19.5 Å². The van der Waals surface area contributed by atoms with Gasteiger partial charge in [0.15, 0.2) is 11.6 Å². The van der Waals surface area contributed by atoms with Crippen LogP contribution in [0.15, 0.2) is 150 Å². The Morgan fingerprint density at radius 2 is 1.26 bits per heavy atom. The molecule has 0 atom stereocenters. The summed E-state index contributed by atoms with van der Waals surface area (Å²) in [6.07, 6.45) is 1.58. The molecule has 0 amide bonds. The summed E-state index contributed by atoms with van der Waals surface area (Å²) in [7, 11) is 0. The van der Waals surface area contributed by atoms with Crippen molar-refractivity contribution in [2.75, 3.05) is 0 Å². The number of hydrogen-bond acceptors (Lipinski definition) is 4. The van der Waals surface area contributed by atoms with Crippen molar-refractivity contribution in [3.63, 3.8) is 0 Å². The minimum absolute atomic E-state index is 0.618. The number of hydrogen-bond donors (Lipinski definition) is 0. The van der Waals surface area contributed by atoms with Crippen molar-refractivity contribution in [1.82, 2.24) is 19.5 Å². The molecule has 3 heterocycles. The summed E-state index contributed by atoms with van der Waals surface area (Å²) in [5.74, 6) is 1.26. The number of aromatic nitrogens is 4. The van der Waals surface area contributed by atoms with Crippen molar-refractivity contribution in [3.05, 3.63) is 146 Å². The molecular weight excluding hydrogens is 564 g/mol. The Kier molecular flexibility index (Phi) is 5.22. The largest absolute Gasteiger partial charge is 0.456 e. The lowest BCUT2D eigenvalue weighted by Crippen LogP contribution is -1.95. The van der Waals surface area contributed by atoms with Gasteiger partial charge in [0.1, 0.15) is 17.5 Å². The van der Waals surface area contributed by atoms with Crippen molar-refractivity contribution in [2.45, 2.75) is 0 Å². The van der Waals surface area contributed by atoms with Gasteiger partial charge in [-0.1, -0.05) is 103 Å². The van der Waals surface area contributed by atoms with E-state index in [-0.39, 0.29) is 0 Å². The highest BCUT2D eigenvalue weighted by molar-refractivity contribution is 6.21. The molecule has 0 saturated heterocycles. The molecule has 0 bridgehead atoms. The van der Waals surface area contributed by atoms with Gasteiger partial charge in [0, 0.05) is 49.8 Å². The molecule has 0 saturated carbocycles. The molecule has 0 spiro atoms. The molecule has 214 valence electrons. The molecule has 0 fully saturated rings. The number of benzene rings is 7. The molecule has 10 rings (SSSR count). The van der Waals surface area contributed by atoms with Crippen LogP contribution < -0.4 is 0 Å². The molecule has 0 radical (unpaired) electrons. The highest BCUT2D eigenvalue weighted by Crippen LogP contribution is 2.41. The van der Waals surface area contributed by atoms with Crippen LogP contribution in [0.25, 0.3) is 93.8 Å². The predicted molar refractivity (Wildman–Crippen MR) is 187 cm³/mol. The fourth-order valence-electron chi connectivity index (χ4n) is 7.02. The molecular formula is C41H24N4O. The van der Waals surface area contributed by atoms with E-state index in [9.17, 15) is 0 Å². The topological polar surface area (TPSA) is 56.7 Å². The molecule has 0 aliphatic heterocycles. The van der Waals surface area contributed by atoms with E-state index < -0.39 is 0 Å². The van der Waals surface area contributed by atoms with Crippen LogP contribution in [0.5, 0.6) is 0 Å². The van der Waals surface area contributed by atoms with Gasteiger partial charge in [0.25, 0.3) is 0 Å². The lowest BCUT2D eigenvalue weighted by Gasteiger charge is -2.10. The quantitative estimate of drug-likeness (QED) is 0.206. The van der Waals surface area contributed by atoms with Crippen LogP contribution in [0.4, 0.5) is 0 Å². The monoisotopic (exact) mass is 588 g/mol. The first-order chi connectivity index (χ1) is 22.8. The maximum absolute atomic E-state index is 6.57. The maximum atomic E-state index is 6.57. The normalized spacial score (nSPS) is 11.9. The Hall–Kier alpha value is -6.33. The van der Waals surface area contributed by atoms with E-state index in [0.29, 0.717) is 11.6 Å². The molecule has 7 aromatic carbocycles. The van der Waals surface area contributed by atoms with Gasteiger partial charge in [-0.15, -0.1) is 0 Å². The van der Waals surface area contributed by atoms with Gasteiger partial charge in [-0.25, -0.2) is 15.0 Å². The molecule has 5 nitrogen and oxygen atoms in total. The predicted octanol–water partition coefficient (Wildman–Crippen LogP) is 10.5. The number of fused-ring (bicyclic) bond motifs is 9. The molecule has 46 heavy (non-hydrogen) atoms. The second kappa shape index (κ2) is 9.58. The molecule has 0 unspecified atom stereocenters. The summed E-state index contributed by atoms with van der Waals surface area (Å²) in [6.45, 7) is 0. The highest BCUT2D eigenvalue weighted by atomic mass is 16.3. The summed E-state index contributed by atoms with van der Waals surface area (Å²) in [5, 5.41) is 9.36. The van der Waals surface area contributed by atoms with Crippen LogP contribution in [0, 0.1) is 0 Å². The Labute approximate surface area is 263 Å². The van der Waals surface area contributed by atoms with Gasteiger partial charge >= 0.3 is 0 Å². The Bertz CT molecular complexity index is 2810. The Balaban J connectivity index is 1.23. The maximum Gasteiger partial charge on any atom is 0.164 e. The van der Waals surface area contributed by atoms with E-state index in [0.717, 1.165) is 38.8 Å². The highest BCUT2D eigenvalue weighted by Gasteiger charge is 2.19. The molecule has 0 N–H and O–H groups in total. The van der Waals surface area contributed by atoms with Gasteiger partial charge in [0.2, 0.25) is 0 Å². The lowest BCUT2D eigenvalue weighted by molar-refractivity contribution is 0.668. The van der Waals surface area contributed by atoms with E-state index in [1.54, 1.807) is 6.33 Å². The molecule has 0 aliphatic rings. The third kappa shape index (κ3) is 3.66. The fraction of sp³-hybridized carbons (Fsp3) is 0. The SMILES string of the molecule is c1ccc(-c2ncnc(-c3cccc4oc5cc(-n6c7cc8ccccc8cc7c7ccc8ccccc8c76)ccc5c34)n2)cc1. The minimum Gasteiger partial charge on any atom is -0.456 e. The summed E-state index contributed by atoms with van der Waals surface area (Å²) >= 11 is 0. The minimum atomic E-state index is 0.618. The van der Waals surface area contributed by atoms with Gasteiger partial charge in [-0.05, 0) is 46.5 Å². The smallest absolute Gasteiger partial charge is 0.164 e. The zero-order valence-corrected chi connectivity index (χ0v) is 24.6. The number of nitrogens with zero attached hydrogens (tertiary/aromatic N) is 4. The first kappa shape index (κ1) is 25.0. The third-order valence-electron chi connectivity index (χ3n) is 9.10. The second-order valence-corrected chi connectivity index (χ2v) is 11.7. The van der Waals surface area contributed by atoms with Gasteiger partial charge < -0.3 is 8.98 Å². The zero-order chi connectivity index (χ0) is 30.2. The van der Waals surface area contributed by atoms with Gasteiger partial charge in [-0.3, -0.25) is 0 Å². The van der Waals surface area contributed by atoms with E-state index in [4.69, 9.17) is 9.40 Å². The van der Waals surface area contributed by atoms with Crippen molar-refractivity contribution >= 4 is 65.3 Å².